The molecule has 7 heteroatoms. The van der Waals surface area contributed by atoms with Crippen molar-refractivity contribution in [3.63, 3.8) is 0 Å². The highest BCUT2D eigenvalue weighted by Crippen LogP contribution is 2.28. The van der Waals surface area contributed by atoms with Gasteiger partial charge in [0.25, 0.3) is 5.91 Å². The molecule has 1 aliphatic heterocycles. The highest BCUT2D eigenvalue weighted by molar-refractivity contribution is 6.01. The van der Waals surface area contributed by atoms with E-state index in [2.05, 4.69) is 4.98 Å². The minimum atomic E-state index is -4.47. The van der Waals surface area contributed by atoms with Gasteiger partial charge in [-0.15, -0.1) is 0 Å². The van der Waals surface area contributed by atoms with E-state index in [0.29, 0.717) is 12.1 Å². The van der Waals surface area contributed by atoms with Crippen molar-refractivity contribution < 1.29 is 22.7 Å². The number of H-pyrrole nitrogens is 1. The highest BCUT2D eigenvalue weighted by atomic mass is 19.4. The van der Waals surface area contributed by atoms with Crippen LogP contribution in [0.5, 0.6) is 0 Å². The number of nitrogens with one attached hydrogen (secondary N) is 1. The molecule has 2 aromatic rings. The molecule has 1 N–H and O–H groups in total. The van der Waals surface area contributed by atoms with E-state index in [1.807, 2.05) is 31.2 Å². The second kappa shape index (κ2) is 5.88. The molecule has 1 aliphatic rings. The lowest BCUT2D eigenvalue weighted by Gasteiger charge is -2.33. The summed E-state index contributed by atoms with van der Waals surface area (Å²) in [7, 11) is 0. The maximum absolute atomic E-state index is 12.8. The Balaban J connectivity index is 1.91. The van der Waals surface area contributed by atoms with Gasteiger partial charge in [-0.25, -0.2) is 0 Å². The van der Waals surface area contributed by atoms with Gasteiger partial charge < -0.3 is 14.6 Å². The van der Waals surface area contributed by atoms with Crippen molar-refractivity contribution in [1.82, 2.24) is 9.88 Å². The topological polar surface area (TPSA) is 45.3 Å². The zero-order chi connectivity index (χ0) is 16.6. The average Bonchev–Trinajstić information content (AvgIpc) is 2.92. The third kappa shape index (κ3) is 2.93. The molecule has 1 amide bonds. The first kappa shape index (κ1) is 15.9. The van der Waals surface area contributed by atoms with Gasteiger partial charge in [0.2, 0.25) is 0 Å². The standard InChI is InChI=1S/C16H17F3N2O2/c1-2-10-11-5-3-4-6-12(11)20-14(10)15(22)21-7-8-23-13(9-21)16(17,18)19/h3-6,13,20H,2,7-9H2,1H3. The molecule has 124 valence electrons. The second-order valence-corrected chi connectivity index (χ2v) is 5.53. The van der Waals surface area contributed by atoms with E-state index < -0.39 is 24.7 Å². The Hall–Kier alpha value is -2.02. The lowest BCUT2D eigenvalue weighted by Crippen LogP contribution is -2.51. The number of para-hydroxylation sites is 1. The Bertz CT molecular complexity index is 724. The first-order valence-corrected chi connectivity index (χ1v) is 7.49. The maximum Gasteiger partial charge on any atom is 0.416 e. The zero-order valence-electron chi connectivity index (χ0n) is 12.6. The van der Waals surface area contributed by atoms with Crippen LogP contribution in [0.1, 0.15) is 23.0 Å². The number of aromatic nitrogens is 1. The summed E-state index contributed by atoms with van der Waals surface area (Å²) in [6, 6.07) is 7.47. The summed E-state index contributed by atoms with van der Waals surface area (Å²) in [5.74, 6) is -0.407. The van der Waals surface area contributed by atoms with E-state index in [1.165, 1.54) is 4.90 Å². The van der Waals surface area contributed by atoms with Crippen molar-refractivity contribution in [3.05, 3.63) is 35.5 Å². The number of benzene rings is 1. The fraction of sp³-hybridized carbons (Fsp3) is 0.438. The number of carbonyl (C=O) groups excluding carboxylic acids is 1. The summed E-state index contributed by atoms with van der Waals surface area (Å²) < 4.78 is 43.2. The smallest absolute Gasteiger partial charge is 0.365 e. The number of ether oxygens (including phenoxy) is 1. The van der Waals surface area contributed by atoms with Crippen LogP contribution in [0.3, 0.4) is 0 Å². The third-order valence-electron chi connectivity index (χ3n) is 4.10. The van der Waals surface area contributed by atoms with Gasteiger partial charge in [-0.2, -0.15) is 13.2 Å². The van der Waals surface area contributed by atoms with Gasteiger partial charge in [0.05, 0.1) is 13.2 Å². The largest absolute Gasteiger partial charge is 0.416 e. The Kier molecular flexibility index (Phi) is 4.06. The van der Waals surface area contributed by atoms with E-state index >= 15 is 0 Å². The monoisotopic (exact) mass is 326 g/mol. The Morgan fingerprint density at radius 3 is 2.83 bits per heavy atom. The molecule has 0 spiro atoms. The molecule has 2 heterocycles. The van der Waals surface area contributed by atoms with Crippen LogP contribution >= 0.6 is 0 Å². The molecule has 0 aliphatic carbocycles. The van der Waals surface area contributed by atoms with Crippen LogP contribution < -0.4 is 0 Å². The second-order valence-electron chi connectivity index (χ2n) is 5.53. The van der Waals surface area contributed by atoms with E-state index in [0.717, 1.165) is 16.5 Å². The molecule has 0 bridgehead atoms. The van der Waals surface area contributed by atoms with Crippen LogP contribution in [0.2, 0.25) is 0 Å². The zero-order valence-corrected chi connectivity index (χ0v) is 12.6. The number of rotatable bonds is 2. The van der Waals surface area contributed by atoms with Crippen molar-refractivity contribution in [2.24, 2.45) is 0 Å². The number of halogens is 3. The van der Waals surface area contributed by atoms with Gasteiger partial charge in [0, 0.05) is 17.4 Å². The van der Waals surface area contributed by atoms with Crippen molar-refractivity contribution in [2.75, 3.05) is 19.7 Å². The Morgan fingerprint density at radius 2 is 2.13 bits per heavy atom. The predicted octanol–water partition coefficient (Wildman–Crippen LogP) is 3.13. The molecule has 3 rings (SSSR count). The molecule has 1 aromatic carbocycles. The molecule has 1 fully saturated rings. The molecule has 0 radical (unpaired) electrons. The van der Waals surface area contributed by atoms with E-state index in [9.17, 15) is 18.0 Å². The lowest BCUT2D eigenvalue weighted by atomic mass is 10.1. The number of alkyl halides is 3. The van der Waals surface area contributed by atoms with Crippen LogP contribution in [0.15, 0.2) is 24.3 Å². The molecular weight excluding hydrogens is 309 g/mol. The summed E-state index contributed by atoms with van der Waals surface area (Å²) in [6.45, 7) is 1.49. The van der Waals surface area contributed by atoms with Gasteiger partial charge in [-0.1, -0.05) is 25.1 Å². The normalized spacial score (nSPS) is 19.3. The van der Waals surface area contributed by atoms with Crippen molar-refractivity contribution >= 4 is 16.8 Å². The molecule has 1 unspecified atom stereocenters. The predicted molar refractivity (Wildman–Crippen MR) is 79.4 cm³/mol. The van der Waals surface area contributed by atoms with E-state index in [1.54, 1.807) is 0 Å². The van der Waals surface area contributed by atoms with Gasteiger partial charge in [-0.05, 0) is 18.1 Å². The third-order valence-corrected chi connectivity index (χ3v) is 4.10. The van der Waals surface area contributed by atoms with E-state index in [4.69, 9.17) is 4.74 Å². The molecule has 4 nitrogen and oxygen atoms in total. The number of morpholine rings is 1. The van der Waals surface area contributed by atoms with Gasteiger partial charge in [0.1, 0.15) is 5.69 Å². The molecule has 23 heavy (non-hydrogen) atoms. The number of aromatic amines is 1. The van der Waals surface area contributed by atoms with Crippen LogP contribution in [0.25, 0.3) is 10.9 Å². The van der Waals surface area contributed by atoms with Gasteiger partial charge in [-0.3, -0.25) is 4.79 Å². The quantitative estimate of drug-likeness (QED) is 0.921. The highest BCUT2D eigenvalue weighted by Gasteiger charge is 2.44. The Labute approximate surface area is 131 Å². The summed E-state index contributed by atoms with van der Waals surface area (Å²) in [5.41, 5.74) is 2.02. The molecule has 1 atom stereocenters. The van der Waals surface area contributed by atoms with Crippen LogP contribution in [0, 0.1) is 0 Å². The molecular formula is C16H17F3N2O2. The first-order chi connectivity index (χ1) is 10.9. The summed E-state index contributed by atoms with van der Waals surface area (Å²) in [5, 5.41) is 0.930. The van der Waals surface area contributed by atoms with Gasteiger partial charge >= 0.3 is 6.18 Å². The van der Waals surface area contributed by atoms with Gasteiger partial charge in [0.15, 0.2) is 6.10 Å². The lowest BCUT2D eigenvalue weighted by molar-refractivity contribution is -0.233. The maximum atomic E-state index is 12.8. The summed E-state index contributed by atoms with van der Waals surface area (Å²) in [6.07, 6.45) is -5.76. The molecule has 1 saturated heterocycles. The van der Waals surface area contributed by atoms with E-state index in [-0.39, 0.29) is 13.2 Å². The number of amides is 1. The number of nitrogens with zero attached hydrogens (tertiary/aromatic N) is 1. The summed E-state index contributed by atoms with van der Waals surface area (Å²) in [4.78, 5) is 17.0. The number of aryl methyl sites for hydroxylation is 1. The van der Waals surface area contributed by atoms with Crippen molar-refractivity contribution in [2.45, 2.75) is 25.6 Å². The average molecular weight is 326 g/mol. The van der Waals surface area contributed by atoms with Crippen LogP contribution in [0.4, 0.5) is 13.2 Å². The minimum absolute atomic E-state index is 0.113. The Morgan fingerprint density at radius 1 is 1.39 bits per heavy atom. The SMILES string of the molecule is CCc1c(C(=O)N2CCOC(C(F)(F)F)C2)[nH]c2ccccc12. The molecule has 0 saturated carbocycles. The summed E-state index contributed by atoms with van der Waals surface area (Å²) >= 11 is 0. The van der Waals surface area contributed by atoms with Crippen LogP contribution in [-0.2, 0) is 11.2 Å². The van der Waals surface area contributed by atoms with Crippen molar-refractivity contribution in [1.29, 1.82) is 0 Å². The number of carbonyl (C=O) groups is 1. The van der Waals surface area contributed by atoms with Crippen LogP contribution in [-0.4, -0.2) is 47.8 Å². The van der Waals surface area contributed by atoms with Crippen molar-refractivity contribution in [3.8, 4) is 0 Å². The fourth-order valence-electron chi connectivity index (χ4n) is 2.94. The first-order valence-electron chi connectivity index (χ1n) is 7.49. The number of hydrogen-bond donors (Lipinski definition) is 1. The number of hydrogen-bond acceptors (Lipinski definition) is 2. The number of fused-ring (bicyclic) bond motifs is 1. The minimum Gasteiger partial charge on any atom is -0.365 e. The fourth-order valence-corrected chi connectivity index (χ4v) is 2.94. The molecule has 1 aromatic heterocycles.